The van der Waals surface area contributed by atoms with Gasteiger partial charge in [0.05, 0.1) is 6.61 Å². The van der Waals surface area contributed by atoms with Crippen LogP contribution >= 0.6 is 23.2 Å². The highest BCUT2D eigenvalue weighted by Crippen LogP contribution is 2.49. The van der Waals surface area contributed by atoms with E-state index in [9.17, 15) is 4.79 Å². The molecule has 0 saturated carbocycles. The van der Waals surface area contributed by atoms with Gasteiger partial charge in [-0.15, -0.1) is 0 Å². The normalized spacial score (nSPS) is 26.7. The van der Waals surface area contributed by atoms with E-state index in [1.165, 1.54) is 0 Å². The lowest BCUT2D eigenvalue weighted by Crippen LogP contribution is -2.19. The molecule has 1 aromatic rings. The first-order valence-corrected chi connectivity index (χ1v) is 6.04. The van der Waals surface area contributed by atoms with Crippen molar-refractivity contribution in [1.29, 1.82) is 0 Å². The van der Waals surface area contributed by atoms with Crippen molar-refractivity contribution in [1.82, 2.24) is 0 Å². The van der Waals surface area contributed by atoms with Crippen molar-refractivity contribution < 1.29 is 14.3 Å². The second-order valence-corrected chi connectivity index (χ2v) is 4.82. The van der Waals surface area contributed by atoms with Crippen molar-refractivity contribution in [2.24, 2.45) is 0 Å². The minimum atomic E-state index is -0.700. The average molecular weight is 275 g/mol. The molecule has 5 heteroatoms. The van der Waals surface area contributed by atoms with Crippen molar-refractivity contribution in [2.75, 3.05) is 6.61 Å². The van der Waals surface area contributed by atoms with Gasteiger partial charge in [0.25, 0.3) is 0 Å². The lowest BCUT2D eigenvalue weighted by Gasteiger charge is -2.09. The van der Waals surface area contributed by atoms with Crippen LogP contribution in [0.4, 0.5) is 0 Å². The highest BCUT2D eigenvalue weighted by Gasteiger charge is 2.60. The Labute approximate surface area is 110 Å². The Bertz CT molecular complexity index is 461. The summed E-state index contributed by atoms with van der Waals surface area (Å²) in [4.78, 5) is 11.6. The predicted octanol–water partition coefficient (Wildman–Crippen LogP) is 3.17. The second-order valence-electron chi connectivity index (χ2n) is 3.98. The van der Waals surface area contributed by atoms with E-state index in [1.54, 1.807) is 25.1 Å². The summed E-state index contributed by atoms with van der Waals surface area (Å²) in [5, 5.41) is 1.04. The van der Waals surface area contributed by atoms with Crippen LogP contribution in [0.3, 0.4) is 0 Å². The summed E-state index contributed by atoms with van der Waals surface area (Å²) in [5.41, 5.74) is 0.0510. The van der Waals surface area contributed by atoms with E-state index in [0.29, 0.717) is 16.7 Å². The summed E-state index contributed by atoms with van der Waals surface area (Å²) in [6, 6.07) is 5.12. The van der Waals surface area contributed by atoms with Crippen molar-refractivity contribution in [3.63, 3.8) is 0 Å². The zero-order valence-corrected chi connectivity index (χ0v) is 11.0. The molecular weight excluding hydrogens is 263 g/mol. The molecule has 2 unspecified atom stereocenters. The van der Waals surface area contributed by atoms with Gasteiger partial charge in [0.2, 0.25) is 0 Å². The molecule has 0 radical (unpaired) electrons. The minimum Gasteiger partial charge on any atom is -0.464 e. The van der Waals surface area contributed by atoms with E-state index in [1.807, 2.05) is 6.92 Å². The topological polar surface area (TPSA) is 38.8 Å². The van der Waals surface area contributed by atoms with Gasteiger partial charge in [-0.1, -0.05) is 29.3 Å². The highest BCUT2D eigenvalue weighted by molar-refractivity contribution is 6.35. The number of carbonyl (C=O) groups is 1. The fourth-order valence-electron chi connectivity index (χ4n) is 1.80. The molecule has 0 bridgehead atoms. The third-order valence-corrected chi connectivity index (χ3v) is 3.32. The zero-order chi connectivity index (χ0) is 12.6. The summed E-state index contributed by atoms with van der Waals surface area (Å²) in [6.45, 7) is 3.90. The molecule has 2 atom stereocenters. The second kappa shape index (κ2) is 4.48. The van der Waals surface area contributed by atoms with E-state index < -0.39 is 11.7 Å². The van der Waals surface area contributed by atoms with Gasteiger partial charge in [-0.3, -0.25) is 0 Å². The minimum absolute atomic E-state index is 0.336. The Morgan fingerprint density at radius 2 is 2.24 bits per heavy atom. The van der Waals surface area contributed by atoms with Gasteiger partial charge in [-0.05, 0) is 26.0 Å². The number of benzene rings is 1. The molecule has 0 N–H and O–H groups in total. The van der Waals surface area contributed by atoms with Crippen molar-refractivity contribution in [3.8, 4) is 0 Å². The summed E-state index contributed by atoms with van der Waals surface area (Å²) in [7, 11) is 0. The van der Waals surface area contributed by atoms with Crippen molar-refractivity contribution >= 4 is 29.2 Å². The number of hydrogen-bond donors (Lipinski definition) is 0. The molecule has 1 aromatic carbocycles. The van der Waals surface area contributed by atoms with Gasteiger partial charge in [0.15, 0.2) is 6.10 Å². The lowest BCUT2D eigenvalue weighted by atomic mass is 9.97. The Morgan fingerprint density at radius 1 is 1.53 bits per heavy atom. The Morgan fingerprint density at radius 3 is 2.82 bits per heavy atom. The number of hydrogen-bond acceptors (Lipinski definition) is 3. The quantitative estimate of drug-likeness (QED) is 0.628. The van der Waals surface area contributed by atoms with Crippen LogP contribution < -0.4 is 0 Å². The molecule has 0 aliphatic carbocycles. The van der Waals surface area contributed by atoms with Crippen LogP contribution in [0.1, 0.15) is 19.4 Å². The summed E-state index contributed by atoms with van der Waals surface area (Å²) in [6.07, 6.45) is -0.582. The molecule has 0 amide bonds. The first-order valence-electron chi connectivity index (χ1n) is 5.29. The smallest absolute Gasteiger partial charge is 0.338 e. The Hall–Kier alpha value is -0.770. The SMILES string of the molecule is CCOC(=O)C1OC1(C)c1ccc(Cl)cc1Cl. The number of esters is 1. The number of carbonyl (C=O) groups excluding carboxylic acids is 1. The molecule has 17 heavy (non-hydrogen) atoms. The zero-order valence-electron chi connectivity index (χ0n) is 9.50. The number of epoxide rings is 1. The average Bonchev–Trinajstić information content (AvgIpc) is 2.92. The summed E-state index contributed by atoms with van der Waals surface area (Å²) >= 11 is 11.9. The van der Waals surface area contributed by atoms with Gasteiger partial charge in [-0.2, -0.15) is 0 Å². The predicted molar refractivity (Wildman–Crippen MR) is 65.3 cm³/mol. The summed E-state index contributed by atoms with van der Waals surface area (Å²) in [5.74, 6) is -0.360. The van der Waals surface area contributed by atoms with Crippen LogP contribution in [0.2, 0.25) is 10.0 Å². The van der Waals surface area contributed by atoms with Crippen LogP contribution in [0, 0.1) is 0 Å². The van der Waals surface area contributed by atoms with E-state index in [2.05, 4.69) is 0 Å². The lowest BCUT2D eigenvalue weighted by molar-refractivity contribution is -0.144. The third-order valence-electron chi connectivity index (χ3n) is 2.77. The van der Waals surface area contributed by atoms with E-state index >= 15 is 0 Å². The molecule has 3 nitrogen and oxygen atoms in total. The van der Waals surface area contributed by atoms with Gasteiger partial charge in [0.1, 0.15) is 5.60 Å². The first-order chi connectivity index (χ1) is 7.99. The molecule has 92 valence electrons. The molecule has 1 aliphatic rings. The Balaban J connectivity index is 2.22. The van der Waals surface area contributed by atoms with Crippen LogP contribution in [-0.4, -0.2) is 18.7 Å². The van der Waals surface area contributed by atoms with Gasteiger partial charge >= 0.3 is 5.97 Å². The van der Waals surface area contributed by atoms with E-state index in [-0.39, 0.29) is 5.97 Å². The van der Waals surface area contributed by atoms with Gasteiger partial charge in [-0.25, -0.2) is 4.79 Å². The molecule has 1 saturated heterocycles. The van der Waals surface area contributed by atoms with Crippen LogP contribution in [0.25, 0.3) is 0 Å². The fraction of sp³-hybridized carbons (Fsp3) is 0.417. The molecular formula is C12H12Cl2O3. The maximum absolute atomic E-state index is 11.6. The molecule has 1 fully saturated rings. The molecule has 0 aromatic heterocycles. The van der Waals surface area contributed by atoms with E-state index in [4.69, 9.17) is 32.7 Å². The molecule has 1 heterocycles. The van der Waals surface area contributed by atoms with Crippen LogP contribution in [0.5, 0.6) is 0 Å². The summed E-state index contributed by atoms with van der Waals surface area (Å²) < 4.78 is 10.3. The number of rotatable bonds is 3. The van der Waals surface area contributed by atoms with Crippen LogP contribution in [0.15, 0.2) is 18.2 Å². The molecule has 1 aliphatic heterocycles. The fourth-order valence-corrected chi connectivity index (χ4v) is 2.39. The maximum atomic E-state index is 11.6. The largest absolute Gasteiger partial charge is 0.464 e. The first kappa shape index (κ1) is 12.7. The highest BCUT2D eigenvalue weighted by atomic mass is 35.5. The molecule has 0 spiro atoms. The van der Waals surface area contributed by atoms with Crippen molar-refractivity contribution in [3.05, 3.63) is 33.8 Å². The number of ether oxygens (including phenoxy) is 2. The standard InChI is InChI=1S/C12H12Cl2O3/c1-3-16-11(15)10-12(2,17-10)8-5-4-7(13)6-9(8)14/h4-6,10H,3H2,1-2H3. The molecule has 2 rings (SSSR count). The third kappa shape index (κ3) is 2.28. The van der Waals surface area contributed by atoms with Gasteiger partial charge < -0.3 is 9.47 Å². The number of halogens is 2. The maximum Gasteiger partial charge on any atom is 0.338 e. The Kier molecular flexibility index (Phi) is 3.34. The van der Waals surface area contributed by atoms with Crippen molar-refractivity contribution in [2.45, 2.75) is 25.6 Å². The van der Waals surface area contributed by atoms with Gasteiger partial charge in [0, 0.05) is 15.6 Å². The van der Waals surface area contributed by atoms with Crippen LogP contribution in [-0.2, 0) is 19.9 Å². The van der Waals surface area contributed by atoms with E-state index in [0.717, 1.165) is 5.56 Å². The monoisotopic (exact) mass is 274 g/mol.